The van der Waals surface area contributed by atoms with Crippen molar-refractivity contribution in [1.29, 1.82) is 0 Å². The summed E-state index contributed by atoms with van der Waals surface area (Å²) in [4.78, 5) is 12.1. The molecule has 1 fully saturated rings. The van der Waals surface area contributed by atoms with Gasteiger partial charge in [-0.2, -0.15) is 0 Å². The minimum Gasteiger partial charge on any atom is -0.406 e. The van der Waals surface area contributed by atoms with Crippen LogP contribution < -0.4 is 9.64 Å². The number of nitro benzene ring substituents is 1. The van der Waals surface area contributed by atoms with Crippen molar-refractivity contribution >= 4 is 11.4 Å². The molecule has 1 saturated heterocycles. The minimum absolute atomic E-state index is 0.122. The number of ether oxygens (including phenoxy) is 1. The van der Waals surface area contributed by atoms with E-state index >= 15 is 0 Å². The third kappa shape index (κ3) is 4.33. The molecule has 0 radical (unpaired) electrons. The molecule has 2 aromatic carbocycles. The Labute approximate surface area is 157 Å². The van der Waals surface area contributed by atoms with Crippen LogP contribution in [0.25, 0.3) is 0 Å². The molecule has 0 amide bonds. The van der Waals surface area contributed by atoms with E-state index in [1.807, 2.05) is 0 Å². The summed E-state index contributed by atoms with van der Waals surface area (Å²) in [6, 6.07) is 8.36. The average molecular weight is 400 g/mol. The Morgan fingerprint density at radius 1 is 1.14 bits per heavy atom. The quantitative estimate of drug-likeness (QED) is 0.475. The van der Waals surface area contributed by atoms with Crippen LogP contribution in [0.3, 0.4) is 0 Å². The number of aliphatic hydroxyl groups is 1. The van der Waals surface area contributed by atoms with Gasteiger partial charge in [0.05, 0.1) is 16.6 Å². The van der Waals surface area contributed by atoms with Gasteiger partial charge in [0.25, 0.3) is 5.69 Å². The van der Waals surface area contributed by atoms with Gasteiger partial charge in [-0.3, -0.25) is 10.1 Å². The van der Waals surface area contributed by atoms with Gasteiger partial charge in [-0.25, -0.2) is 4.39 Å². The molecule has 0 aromatic heterocycles. The van der Waals surface area contributed by atoms with Crippen LogP contribution in [0.15, 0.2) is 42.5 Å². The second-order valence-corrected chi connectivity index (χ2v) is 6.48. The second-order valence-electron chi connectivity index (χ2n) is 6.48. The molecule has 0 saturated carbocycles. The predicted molar refractivity (Wildman–Crippen MR) is 91.5 cm³/mol. The monoisotopic (exact) mass is 400 g/mol. The second kappa shape index (κ2) is 7.27. The van der Waals surface area contributed by atoms with Crippen molar-refractivity contribution in [1.82, 2.24) is 0 Å². The maximum Gasteiger partial charge on any atom is 0.573 e. The molecule has 1 N–H and O–H groups in total. The van der Waals surface area contributed by atoms with Gasteiger partial charge in [0.15, 0.2) is 0 Å². The lowest BCUT2D eigenvalue weighted by Gasteiger charge is -2.39. The zero-order valence-corrected chi connectivity index (χ0v) is 14.4. The van der Waals surface area contributed by atoms with Gasteiger partial charge in [-0.1, -0.05) is 12.1 Å². The van der Waals surface area contributed by atoms with Crippen LogP contribution in [0.4, 0.5) is 28.9 Å². The van der Waals surface area contributed by atoms with Crippen molar-refractivity contribution in [3.8, 4) is 5.75 Å². The molecular formula is C18H16F4N2O4. The summed E-state index contributed by atoms with van der Waals surface area (Å²) in [5, 5.41) is 22.1. The summed E-state index contributed by atoms with van der Waals surface area (Å²) in [5.41, 5.74) is -1.30. The summed E-state index contributed by atoms with van der Waals surface area (Å²) in [6.07, 6.45) is -4.60. The number of hydrogen-bond acceptors (Lipinski definition) is 5. The fourth-order valence-electron chi connectivity index (χ4n) is 3.30. The highest BCUT2D eigenvalue weighted by Crippen LogP contribution is 2.38. The third-order valence-electron chi connectivity index (χ3n) is 4.67. The van der Waals surface area contributed by atoms with Crippen molar-refractivity contribution in [2.45, 2.75) is 24.8 Å². The number of hydrogen-bond donors (Lipinski definition) is 1. The number of anilines is 1. The molecule has 0 spiro atoms. The predicted octanol–water partition coefficient (Wildman–Crippen LogP) is 4.12. The van der Waals surface area contributed by atoms with E-state index in [-0.39, 0.29) is 42.9 Å². The summed E-state index contributed by atoms with van der Waals surface area (Å²) in [6.45, 7) is 0.403. The molecule has 6 nitrogen and oxygen atoms in total. The van der Waals surface area contributed by atoms with Crippen LogP contribution in [0.5, 0.6) is 5.75 Å². The number of benzene rings is 2. The lowest BCUT2D eigenvalue weighted by Crippen LogP contribution is -2.42. The van der Waals surface area contributed by atoms with Crippen molar-refractivity contribution in [3.05, 3.63) is 64.0 Å². The number of piperidine rings is 1. The van der Waals surface area contributed by atoms with E-state index in [9.17, 15) is 32.8 Å². The Balaban J connectivity index is 1.78. The fraction of sp³-hybridized carbons (Fsp3) is 0.333. The van der Waals surface area contributed by atoms with E-state index in [1.165, 1.54) is 18.2 Å². The van der Waals surface area contributed by atoms with Crippen LogP contribution in [0.2, 0.25) is 0 Å². The molecular weight excluding hydrogens is 384 g/mol. The number of halogens is 4. The molecule has 10 heteroatoms. The van der Waals surface area contributed by atoms with Crippen molar-refractivity contribution < 1.29 is 32.3 Å². The van der Waals surface area contributed by atoms with Gasteiger partial charge < -0.3 is 14.7 Å². The van der Waals surface area contributed by atoms with E-state index < -0.39 is 28.5 Å². The maximum atomic E-state index is 13.3. The van der Waals surface area contributed by atoms with Crippen molar-refractivity contribution in [3.63, 3.8) is 0 Å². The lowest BCUT2D eigenvalue weighted by atomic mass is 9.84. The Morgan fingerprint density at radius 3 is 2.43 bits per heavy atom. The highest BCUT2D eigenvalue weighted by atomic mass is 19.4. The van der Waals surface area contributed by atoms with Gasteiger partial charge >= 0.3 is 6.36 Å². The Morgan fingerprint density at radius 2 is 1.82 bits per heavy atom. The van der Waals surface area contributed by atoms with Crippen LogP contribution in [-0.2, 0) is 5.60 Å². The summed E-state index contributed by atoms with van der Waals surface area (Å²) in [7, 11) is 0. The van der Waals surface area contributed by atoms with Gasteiger partial charge in [0.1, 0.15) is 17.3 Å². The highest BCUT2D eigenvalue weighted by molar-refractivity contribution is 5.63. The van der Waals surface area contributed by atoms with Crippen LogP contribution >= 0.6 is 0 Å². The lowest BCUT2D eigenvalue weighted by molar-refractivity contribution is -0.384. The smallest absolute Gasteiger partial charge is 0.406 e. The van der Waals surface area contributed by atoms with Crippen LogP contribution in [-0.4, -0.2) is 29.5 Å². The fourth-order valence-corrected chi connectivity index (χ4v) is 3.30. The first-order valence-electron chi connectivity index (χ1n) is 8.35. The molecule has 0 unspecified atom stereocenters. The third-order valence-corrected chi connectivity index (χ3v) is 4.67. The van der Waals surface area contributed by atoms with E-state index in [2.05, 4.69) is 4.74 Å². The molecule has 0 atom stereocenters. The largest absolute Gasteiger partial charge is 0.573 e. The molecule has 1 heterocycles. The molecule has 1 aliphatic heterocycles. The number of alkyl halides is 3. The minimum atomic E-state index is -4.84. The van der Waals surface area contributed by atoms with Gasteiger partial charge in [0.2, 0.25) is 0 Å². The summed E-state index contributed by atoms with van der Waals surface area (Å²) >= 11 is 0. The van der Waals surface area contributed by atoms with Gasteiger partial charge in [-0.05, 0) is 42.7 Å². The van der Waals surface area contributed by atoms with Gasteiger partial charge in [-0.15, -0.1) is 13.2 Å². The Hall–Kier alpha value is -2.88. The Bertz CT molecular complexity index is 880. The van der Waals surface area contributed by atoms with E-state index in [1.54, 1.807) is 4.90 Å². The standard InChI is InChI=1S/C18H16F4N2O4/c19-13-4-5-15(16(11-13)24(26)27)23-8-6-17(25,7-9-23)12-2-1-3-14(10-12)28-18(20,21)22/h1-5,10-11,25H,6-9H2. The molecule has 150 valence electrons. The first kappa shape index (κ1) is 19.9. The van der Waals surface area contributed by atoms with E-state index in [0.717, 1.165) is 24.3 Å². The Kier molecular flexibility index (Phi) is 5.16. The topological polar surface area (TPSA) is 75.8 Å². The van der Waals surface area contributed by atoms with E-state index in [4.69, 9.17) is 0 Å². The summed E-state index contributed by atoms with van der Waals surface area (Å²) in [5.74, 6) is -1.17. The molecule has 3 rings (SSSR count). The molecule has 2 aromatic rings. The van der Waals surface area contributed by atoms with E-state index in [0.29, 0.717) is 0 Å². The van der Waals surface area contributed by atoms with Crippen LogP contribution in [0.1, 0.15) is 18.4 Å². The number of nitrogens with zero attached hydrogens (tertiary/aromatic N) is 2. The van der Waals surface area contributed by atoms with Crippen LogP contribution in [0, 0.1) is 15.9 Å². The number of rotatable bonds is 4. The van der Waals surface area contributed by atoms with Crippen molar-refractivity contribution in [2.75, 3.05) is 18.0 Å². The SMILES string of the molecule is O=[N+]([O-])c1cc(F)ccc1N1CCC(O)(c2cccc(OC(F)(F)F)c2)CC1. The van der Waals surface area contributed by atoms with Crippen molar-refractivity contribution in [2.24, 2.45) is 0 Å². The molecule has 0 aliphatic carbocycles. The maximum absolute atomic E-state index is 13.3. The normalized spacial score (nSPS) is 16.7. The summed E-state index contributed by atoms with van der Waals surface area (Å²) < 4.78 is 54.4. The highest BCUT2D eigenvalue weighted by Gasteiger charge is 2.37. The molecule has 28 heavy (non-hydrogen) atoms. The number of nitro groups is 1. The first-order chi connectivity index (χ1) is 13.1. The average Bonchev–Trinajstić information content (AvgIpc) is 2.61. The van der Waals surface area contributed by atoms with Gasteiger partial charge in [0, 0.05) is 13.1 Å². The zero-order chi connectivity index (χ0) is 20.5. The molecule has 0 bridgehead atoms. The first-order valence-corrected chi connectivity index (χ1v) is 8.35. The molecule has 1 aliphatic rings. The zero-order valence-electron chi connectivity index (χ0n) is 14.4.